The molecule has 1 unspecified atom stereocenters. The number of carboxylic acids is 1. The first-order chi connectivity index (χ1) is 12.8. The minimum atomic E-state index is -1.37. The summed E-state index contributed by atoms with van der Waals surface area (Å²) >= 11 is 12.0. The van der Waals surface area contributed by atoms with Gasteiger partial charge in [0, 0.05) is 0 Å². The molecule has 0 aliphatic heterocycles. The quantitative estimate of drug-likeness (QED) is 0.616. The van der Waals surface area contributed by atoms with Crippen LogP contribution in [-0.4, -0.2) is 28.9 Å². The SMILES string of the molecule is O=C(O)CC(=O)NC(=O)NC(=O)C(CC1CCCC1)c1ccc(Cl)c(Cl)c1. The number of carbonyl (C=O) groups is 4. The molecule has 3 N–H and O–H groups in total. The third-order valence-electron chi connectivity index (χ3n) is 4.51. The fourth-order valence-electron chi connectivity index (χ4n) is 3.24. The molecular formula is C18H20Cl2N2O5. The van der Waals surface area contributed by atoms with Crippen LogP contribution in [0, 0.1) is 5.92 Å². The van der Waals surface area contributed by atoms with Gasteiger partial charge >= 0.3 is 12.0 Å². The Kier molecular flexibility index (Phi) is 7.62. The molecule has 0 aromatic heterocycles. The maximum atomic E-state index is 12.7. The van der Waals surface area contributed by atoms with E-state index >= 15 is 0 Å². The fraction of sp³-hybridized carbons (Fsp3) is 0.444. The average Bonchev–Trinajstić information content (AvgIpc) is 3.07. The van der Waals surface area contributed by atoms with Crippen LogP contribution in [0.2, 0.25) is 10.0 Å². The number of benzene rings is 1. The number of carboxylic acid groups (broad SMARTS) is 1. The van der Waals surface area contributed by atoms with E-state index in [-0.39, 0.29) is 0 Å². The largest absolute Gasteiger partial charge is 0.481 e. The topological polar surface area (TPSA) is 113 Å². The molecule has 0 spiro atoms. The van der Waals surface area contributed by atoms with Gasteiger partial charge in [-0.2, -0.15) is 0 Å². The van der Waals surface area contributed by atoms with E-state index in [1.807, 2.05) is 5.32 Å². The number of hydrogen-bond acceptors (Lipinski definition) is 4. The molecule has 0 heterocycles. The second-order valence-corrected chi connectivity index (χ2v) is 7.36. The van der Waals surface area contributed by atoms with Crippen LogP contribution in [0.5, 0.6) is 0 Å². The van der Waals surface area contributed by atoms with Gasteiger partial charge < -0.3 is 5.11 Å². The van der Waals surface area contributed by atoms with E-state index in [1.165, 1.54) is 0 Å². The van der Waals surface area contributed by atoms with Gasteiger partial charge in [0.2, 0.25) is 11.8 Å². The highest BCUT2D eigenvalue weighted by molar-refractivity contribution is 6.42. The number of hydrogen-bond donors (Lipinski definition) is 3. The van der Waals surface area contributed by atoms with E-state index in [4.69, 9.17) is 28.3 Å². The summed E-state index contributed by atoms with van der Waals surface area (Å²) in [5, 5.41) is 13.1. The fourth-order valence-corrected chi connectivity index (χ4v) is 3.55. The molecule has 146 valence electrons. The Labute approximate surface area is 166 Å². The number of halogens is 2. The first-order valence-electron chi connectivity index (χ1n) is 8.57. The van der Waals surface area contributed by atoms with E-state index in [0.29, 0.717) is 27.9 Å². The van der Waals surface area contributed by atoms with Crippen LogP contribution in [0.15, 0.2) is 18.2 Å². The van der Waals surface area contributed by atoms with E-state index in [1.54, 1.807) is 18.2 Å². The van der Waals surface area contributed by atoms with Crippen molar-refractivity contribution >= 4 is 47.0 Å². The molecule has 0 radical (unpaired) electrons. The van der Waals surface area contributed by atoms with Crippen LogP contribution >= 0.6 is 23.2 Å². The minimum absolute atomic E-state index is 0.305. The van der Waals surface area contributed by atoms with Crippen LogP contribution in [0.4, 0.5) is 4.79 Å². The van der Waals surface area contributed by atoms with Crippen molar-refractivity contribution < 1.29 is 24.3 Å². The Bertz CT molecular complexity index is 747. The van der Waals surface area contributed by atoms with Gasteiger partial charge in [0.1, 0.15) is 6.42 Å². The van der Waals surface area contributed by atoms with Gasteiger partial charge in [0.25, 0.3) is 0 Å². The van der Waals surface area contributed by atoms with E-state index < -0.39 is 36.2 Å². The van der Waals surface area contributed by atoms with E-state index in [2.05, 4.69) is 5.32 Å². The van der Waals surface area contributed by atoms with E-state index in [0.717, 1.165) is 25.7 Å². The monoisotopic (exact) mass is 414 g/mol. The van der Waals surface area contributed by atoms with Crippen LogP contribution in [0.1, 0.15) is 50.0 Å². The van der Waals surface area contributed by atoms with Gasteiger partial charge in [0.15, 0.2) is 0 Å². The summed E-state index contributed by atoms with van der Waals surface area (Å²) < 4.78 is 0. The van der Waals surface area contributed by atoms with Gasteiger partial charge in [-0.15, -0.1) is 0 Å². The summed E-state index contributed by atoms with van der Waals surface area (Å²) in [6.07, 6.45) is 3.90. The Hall–Kier alpha value is -2.12. The molecule has 1 aromatic carbocycles. The maximum absolute atomic E-state index is 12.7. The number of amides is 4. The Morgan fingerprint density at radius 3 is 2.33 bits per heavy atom. The molecule has 4 amide bonds. The number of nitrogens with one attached hydrogen (secondary N) is 2. The standard InChI is InChI=1S/C18H20Cl2N2O5/c19-13-6-5-11(8-14(13)20)12(7-10-3-1-2-4-10)17(26)22-18(27)21-15(23)9-16(24)25/h5-6,8,10,12H,1-4,7,9H2,(H,24,25)(H2,21,22,23,26,27). The minimum Gasteiger partial charge on any atom is -0.481 e. The summed E-state index contributed by atoms with van der Waals surface area (Å²) in [5.74, 6) is -3.24. The van der Waals surface area contributed by atoms with Crippen LogP contribution in [0.3, 0.4) is 0 Å². The lowest BCUT2D eigenvalue weighted by atomic mass is 9.87. The number of aliphatic carboxylic acids is 1. The molecule has 0 bridgehead atoms. The smallest absolute Gasteiger partial charge is 0.328 e. The Balaban J connectivity index is 2.10. The number of urea groups is 1. The van der Waals surface area contributed by atoms with E-state index in [9.17, 15) is 19.2 Å². The van der Waals surface area contributed by atoms with Crippen molar-refractivity contribution in [3.05, 3.63) is 33.8 Å². The lowest BCUT2D eigenvalue weighted by Crippen LogP contribution is -2.44. The lowest BCUT2D eigenvalue weighted by molar-refractivity contribution is -0.140. The van der Waals surface area contributed by atoms with Gasteiger partial charge in [0.05, 0.1) is 16.0 Å². The zero-order valence-corrected chi connectivity index (χ0v) is 16.0. The van der Waals surface area contributed by atoms with Gasteiger partial charge in [-0.25, -0.2) is 4.79 Å². The molecule has 1 aliphatic rings. The molecule has 9 heteroatoms. The van der Waals surface area contributed by atoms with Crippen molar-refractivity contribution in [2.75, 3.05) is 0 Å². The average molecular weight is 415 g/mol. The second-order valence-electron chi connectivity index (χ2n) is 6.55. The van der Waals surface area contributed by atoms with Crippen LogP contribution in [0.25, 0.3) is 0 Å². The van der Waals surface area contributed by atoms with Crippen molar-refractivity contribution in [3.63, 3.8) is 0 Å². The normalized spacial score (nSPS) is 15.2. The molecule has 7 nitrogen and oxygen atoms in total. The summed E-state index contributed by atoms with van der Waals surface area (Å²) in [5.41, 5.74) is 0.624. The molecule has 1 fully saturated rings. The number of imide groups is 2. The van der Waals surface area contributed by atoms with Crippen molar-refractivity contribution in [3.8, 4) is 0 Å². The Morgan fingerprint density at radius 1 is 1.07 bits per heavy atom. The highest BCUT2D eigenvalue weighted by atomic mass is 35.5. The number of rotatable bonds is 6. The predicted octanol–water partition coefficient (Wildman–Crippen LogP) is 3.48. The first kappa shape index (κ1) is 21.2. The zero-order chi connectivity index (χ0) is 20.0. The summed E-state index contributed by atoms with van der Waals surface area (Å²) in [4.78, 5) is 46.3. The highest BCUT2D eigenvalue weighted by Gasteiger charge is 2.28. The molecule has 1 saturated carbocycles. The van der Waals surface area contributed by atoms with Gasteiger partial charge in [-0.05, 0) is 30.0 Å². The van der Waals surface area contributed by atoms with Gasteiger partial charge in [-0.1, -0.05) is 55.0 Å². The maximum Gasteiger partial charge on any atom is 0.328 e. The third kappa shape index (κ3) is 6.52. The molecule has 2 rings (SSSR count). The molecule has 27 heavy (non-hydrogen) atoms. The Morgan fingerprint density at radius 2 is 1.74 bits per heavy atom. The van der Waals surface area contributed by atoms with Crippen molar-refractivity contribution in [1.82, 2.24) is 10.6 Å². The van der Waals surface area contributed by atoms with Crippen molar-refractivity contribution in [1.29, 1.82) is 0 Å². The summed E-state index contributed by atoms with van der Waals surface area (Å²) in [6, 6.07) is 3.81. The zero-order valence-electron chi connectivity index (χ0n) is 14.5. The predicted molar refractivity (Wildman–Crippen MR) is 99.7 cm³/mol. The lowest BCUT2D eigenvalue weighted by Gasteiger charge is -2.20. The molecule has 1 aliphatic carbocycles. The van der Waals surface area contributed by atoms with Crippen LogP contribution < -0.4 is 10.6 Å². The van der Waals surface area contributed by atoms with Crippen molar-refractivity contribution in [2.24, 2.45) is 5.92 Å². The second kappa shape index (κ2) is 9.71. The molecule has 1 aromatic rings. The van der Waals surface area contributed by atoms with Crippen molar-refractivity contribution in [2.45, 2.75) is 44.4 Å². The van der Waals surface area contributed by atoms with Gasteiger partial charge in [-0.3, -0.25) is 25.0 Å². The summed E-state index contributed by atoms with van der Waals surface area (Å²) in [6.45, 7) is 0. The third-order valence-corrected chi connectivity index (χ3v) is 5.25. The number of carbonyl (C=O) groups excluding carboxylic acids is 3. The highest BCUT2D eigenvalue weighted by Crippen LogP contribution is 2.36. The molecule has 0 saturated heterocycles. The molecular weight excluding hydrogens is 395 g/mol. The van der Waals surface area contributed by atoms with Crippen LogP contribution in [-0.2, 0) is 14.4 Å². The molecule has 1 atom stereocenters. The summed E-state index contributed by atoms with van der Waals surface area (Å²) in [7, 11) is 0. The first-order valence-corrected chi connectivity index (χ1v) is 9.33.